The Bertz CT molecular complexity index is 712. The van der Waals surface area contributed by atoms with Crippen LogP contribution in [-0.4, -0.2) is 51.2 Å². The molecule has 1 heterocycles. The highest BCUT2D eigenvalue weighted by molar-refractivity contribution is 5.76. The number of carbonyl (C=O) groups is 1. The number of amides is 1. The molecule has 0 aromatic carbocycles. The van der Waals surface area contributed by atoms with Gasteiger partial charge in [0.1, 0.15) is 12.2 Å². The number of rotatable bonds is 14. The van der Waals surface area contributed by atoms with E-state index in [1.54, 1.807) is 0 Å². The van der Waals surface area contributed by atoms with Crippen molar-refractivity contribution in [2.45, 2.75) is 85.0 Å². The molecule has 1 aromatic rings. The molecule has 0 saturated carbocycles. The minimum atomic E-state index is -4.97. The molecular formula is C20H34F3N5O3. The van der Waals surface area contributed by atoms with Crippen LogP contribution in [0.3, 0.4) is 0 Å². The summed E-state index contributed by atoms with van der Waals surface area (Å²) in [6.07, 6.45) is 1.65. The lowest BCUT2D eigenvalue weighted by molar-refractivity contribution is -0.388. The summed E-state index contributed by atoms with van der Waals surface area (Å²) < 4.78 is 39.9. The highest BCUT2D eigenvalue weighted by atomic mass is 19.4. The van der Waals surface area contributed by atoms with E-state index in [0.29, 0.717) is 6.54 Å². The van der Waals surface area contributed by atoms with E-state index in [1.807, 2.05) is 6.92 Å². The van der Waals surface area contributed by atoms with Gasteiger partial charge < -0.3 is 10.2 Å². The average molecular weight is 450 g/mol. The van der Waals surface area contributed by atoms with Gasteiger partial charge in [0.15, 0.2) is 0 Å². The molecule has 0 radical (unpaired) electrons. The second-order valence-electron chi connectivity index (χ2n) is 7.88. The number of nitro groups is 1. The van der Waals surface area contributed by atoms with Gasteiger partial charge in [-0.05, 0) is 39.8 Å². The van der Waals surface area contributed by atoms with Crippen LogP contribution in [0, 0.1) is 17.0 Å². The molecule has 1 atom stereocenters. The van der Waals surface area contributed by atoms with Crippen LogP contribution < -0.4 is 5.32 Å². The summed E-state index contributed by atoms with van der Waals surface area (Å²) in [5.74, 6) is -0.538. The SMILES string of the molecule is CCCCCN(CCCCC)CC(C)NC(=O)Cn1nc(C(F)(F)F)c([N+](=O)[O-])c1C. The predicted molar refractivity (Wildman–Crippen MR) is 112 cm³/mol. The fourth-order valence-electron chi connectivity index (χ4n) is 3.45. The van der Waals surface area contributed by atoms with Crippen molar-refractivity contribution >= 4 is 11.6 Å². The molecule has 11 heteroatoms. The third kappa shape index (κ3) is 8.84. The smallest absolute Gasteiger partial charge is 0.351 e. The van der Waals surface area contributed by atoms with Crippen molar-refractivity contribution in [3.05, 3.63) is 21.5 Å². The Hall–Kier alpha value is -2.17. The fraction of sp³-hybridized carbons (Fsp3) is 0.800. The fourth-order valence-corrected chi connectivity index (χ4v) is 3.45. The van der Waals surface area contributed by atoms with E-state index in [-0.39, 0.29) is 11.7 Å². The van der Waals surface area contributed by atoms with Crippen LogP contribution in [0.5, 0.6) is 0 Å². The maximum atomic E-state index is 13.1. The van der Waals surface area contributed by atoms with Gasteiger partial charge >= 0.3 is 11.9 Å². The van der Waals surface area contributed by atoms with Gasteiger partial charge in [-0.1, -0.05) is 39.5 Å². The summed E-state index contributed by atoms with van der Waals surface area (Å²) in [7, 11) is 0. The van der Waals surface area contributed by atoms with Gasteiger partial charge in [-0.3, -0.25) is 19.6 Å². The lowest BCUT2D eigenvalue weighted by Crippen LogP contribution is -2.43. The second kappa shape index (κ2) is 12.6. The van der Waals surface area contributed by atoms with Crippen LogP contribution in [0.1, 0.15) is 70.7 Å². The van der Waals surface area contributed by atoms with Gasteiger partial charge in [0.05, 0.1) is 4.92 Å². The molecule has 0 spiro atoms. The van der Waals surface area contributed by atoms with Crippen LogP contribution in [0.4, 0.5) is 18.9 Å². The molecule has 31 heavy (non-hydrogen) atoms. The summed E-state index contributed by atoms with van der Waals surface area (Å²) in [4.78, 5) is 24.6. The van der Waals surface area contributed by atoms with E-state index < -0.39 is 34.9 Å². The van der Waals surface area contributed by atoms with E-state index in [1.165, 1.54) is 0 Å². The van der Waals surface area contributed by atoms with Crippen molar-refractivity contribution in [1.82, 2.24) is 20.0 Å². The van der Waals surface area contributed by atoms with Gasteiger partial charge in [-0.2, -0.15) is 18.3 Å². The highest BCUT2D eigenvalue weighted by Crippen LogP contribution is 2.36. The van der Waals surface area contributed by atoms with Crippen molar-refractivity contribution in [3.8, 4) is 0 Å². The topological polar surface area (TPSA) is 93.3 Å². The third-order valence-corrected chi connectivity index (χ3v) is 5.01. The summed E-state index contributed by atoms with van der Waals surface area (Å²) in [5, 5.41) is 17.1. The number of hydrogen-bond acceptors (Lipinski definition) is 5. The Morgan fingerprint density at radius 3 is 2.16 bits per heavy atom. The minimum Gasteiger partial charge on any atom is -0.351 e. The molecular weight excluding hydrogens is 415 g/mol. The zero-order chi connectivity index (χ0) is 23.6. The minimum absolute atomic E-state index is 0.219. The van der Waals surface area contributed by atoms with Crippen molar-refractivity contribution in [3.63, 3.8) is 0 Å². The van der Waals surface area contributed by atoms with Gasteiger partial charge in [-0.25, -0.2) is 0 Å². The normalized spacial score (nSPS) is 12.9. The Morgan fingerprint density at radius 2 is 1.74 bits per heavy atom. The molecule has 0 bridgehead atoms. The molecule has 0 aliphatic carbocycles. The standard InChI is InChI=1S/C20H34F3N5O3/c1-5-7-9-11-26(12-10-8-6-2)13-15(3)24-17(29)14-27-16(4)18(28(30)31)19(25-27)20(21,22)23/h15H,5-14H2,1-4H3,(H,24,29). The number of nitrogens with one attached hydrogen (secondary N) is 1. The molecule has 178 valence electrons. The Balaban J connectivity index is 2.76. The molecule has 0 aliphatic heterocycles. The molecule has 0 fully saturated rings. The van der Waals surface area contributed by atoms with Crippen molar-refractivity contribution in [2.75, 3.05) is 19.6 Å². The lowest BCUT2D eigenvalue weighted by Gasteiger charge is -2.26. The molecule has 1 aromatic heterocycles. The Kier molecular flexibility index (Phi) is 10.9. The second-order valence-corrected chi connectivity index (χ2v) is 7.88. The number of alkyl halides is 3. The van der Waals surface area contributed by atoms with Gasteiger partial charge in [0, 0.05) is 12.6 Å². The van der Waals surface area contributed by atoms with Gasteiger partial charge in [0.25, 0.3) is 0 Å². The number of halogens is 3. The molecule has 8 nitrogen and oxygen atoms in total. The maximum absolute atomic E-state index is 13.1. The molecule has 0 saturated heterocycles. The first-order valence-electron chi connectivity index (χ1n) is 10.8. The van der Waals surface area contributed by atoms with E-state index in [4.69, 9.17) is 0 Å². The maximum Gasteiger partial charge on any atom is 0.442 e. The Labute approximate surface area is 181 Å². The van der Waals surface area contributed by atoms with Crippen LogP contribution >= 0.6 is 0 Å². The van der Waals surface area contributed by atoms with Crippen LogP contribution in [0.2, 0.25) is 0 Å². The number of unbranched alkanes of at least 4 members (excludes halogenated alkanes) is 4. The quantitative estimate of drug-likeness (QED) is 0.260. The largest absolute Gasteiger partial charge is 0.442 e. The zero-order valence-electron chi connectivity index (χ0n) is 18.8. The number of nitrogens with zero attached hydrogens (tertiary/aromatic N) is 4. The lowest BCUT2D eigenvalue weighted by atomic mass is 10.2. The molecule has 1 rings (SSSR count). The summed E-state index contributed by atoms with van der Waals surface area (Å²) in [5.41, 5.74) is -3.01. The first-order chi connectivity index (χ1) is 14.5. The number of aromatic nitrogens is 2. The first-order valence-corrected chi connectivity index (χ1v) is 10.8. The molecule has 1 N–H and O–H groups in total. The van der Waals surface area contributed by atoms with Crippen molar-refractivity contribution in [2.24, 2.45) is 0 Å². The highest BCUT2D eigenvalue weighted by Gasteiger charge is 2.44. The van der Waals surface area contributed by atoms with E-state index in [0.717, 1.165) is 63.2 Å². The summed E-state index contributed by atoms with van der Waals surface area (Å²) in [6, 6.07) is -0.219. The monoisotopic (exact) mass is 449 g/mol. The average Bonchev–Trinajstić information content (AvgIpc) is 2.98. The van der Waals surface area contributed by atoms with E-state index in [2.05, 4.69) is 29.2 Å². The van der Waals surface area contributed by atoms with Crippen LogP contribution in [0.25, 0.3) is 0 Å². The van der Waals surface area contributed by atoms with E-state index >= 15 is 0 Å². The third-order valence-electron chi connectivity index (χ3n) is 5.01. The molecule has 1 unspecified atom stereocenters. The van der Waals surface area contributed by atoms with E-state index in [9.17, 15) is 28.1 Å². The van der Waals surface area contributed by atoms with Crippen molar-refractivity contribution < 1.29 is 22.9 Å². The van der Waals surface area contributed by atoms with Crippen LogP contribution in [0.15, 0.2) is 0 Å². The zero-order valence-corrected chi connectivity index (χ0v) is 18.8. The van der Waals surface area contributed by atoms with Gasteiger partial charge in [-0.15, -0.1) is 0 Å². The molecule has 1 amide bonds. The van der Waals surface area contributed by atoms with Gasteiger partial charge in [0.2, 0.25) is 11.6 Å². The Morgan fingerprint density at radius 1 is 1.19 bits per heavy atom. The first kappa shape index (κ1) is 26.9. The number of carbonyl (C=O) groups excluding carboxylic acids is 1. The van der Waals surface area contributed by atoms with Crippen LogP contribution in [-0.2, 0) is 17.5 Å². The molecule has 0 aliphatic rings. The summed E-state index contributed by atoms with van der Waals surface area (Å²) >= 11 is 0. The number of hydrogen-bond donors (Lipinski definition) is 1. The summed E-state index contributed by atoms with van der Waals surface area (Å²) in [6.45, 7) is 9.23. The van der Waals surface area contributed by atoms with Crippen molar-refractivity contribution in [1.29, 1.82) is 0 Å². The predicted octanol–water partition coefficient (Wildman–Crippen LogP) is 4.31.